The van der Waals surface area contributed by atoms with Crippen molar-refractivity contribution in [3.05, 3.63) is 94.7 Å². The molecule has 2 fully saturated rings. The Balaban J connectivity index is 1.05. The Morgan fingerprint density at radius 3 is 2.26 bits per heavy atom. The first-order valence-electron chi connectivity index (χ1n) is 14.8. The van der Waals surface area contributed by atoms with Crippen molar-refractivity contribution in [2.45, 2.75) is 45.2 Å². The Bertz CT molecular complexity index is 1520. The van der Waals surface area contributed by atoms with Gasteiger partial charge in [-0.2, -0.15) is 0 Å². The largest absolute Gasteiger partial charge is 0.340 e. The van der Waals surface area contributed by atoms with Gasteiger partial charge in [0.2, 0.25) is 0 Å². The van der Waals surface area contributed by atoms with E-state index in [9.17, 15) is 13.6 Å². The van der Waals surface area contributed by atoms with Crippen LogP contribution in [0.3, 0.4) is 0 Å². The Labute approximate surface area is 245 Å². The number of benzene rings is 2. The molecule has 0 N–H and O–H groups in total. The quantitative estimate of drug-likeness (QED) is 0.291. The third-order valence-electron chi connectivity index (χ3n) is 8.86. The number of hydrogen-bond donors (Lipinski definition) is 0. The molecule has 2 aliphatic heterocycles. The van der Waals surface area contributed by atoms with Crippen LogP contribution in [0.2, 0.25) is 0 Å². The van der Waals surface area contributed by atoms with E-state index in [0.29, 0.717) is 31.2 Å². The van der Waals surface area contributed by atoms with Gasteiger partial charge in [0.1, 0.15) is 5.69 Å². The van der Waals surface area contributed by atoms with E-state index < -0.39 is 6.43 Å². The number of aryl methyl sites for hydroxylation is 2. The van der Waals surface area contributed by atoms with E-state index in [0.717, 1.165) is 73.4 Å². The van der Waals surface area contributed by atoms with Crippen LogP contribution in [0, 0.1) is 6.92 Å². The molecule has 0 radical (unpaired) electrons. The highest BCUT2D eigenvalue weighted by molar-refractivity contribution is 5.99. The van der Waals surface area contributed by atoms with Crippen molar-refractivity contribution in [1.82, 2.24) is 29.2 Å². The van der Waals surface area contributed by atoms with Gasteiger partial charge in [0, 0.05) is 75.2 Å². The van der Waals surface area contributed by atoms with E-state index in [1.165, 1.54) is 17.7 Å². The normalized spacial score (nSPS) is 17.4. The number of carbonyl (C=O) groups is 1. The summed E-state index contributed by atoms with van der Waals surface area (Å²) in [5.74, 6) is 0.567. The molecule has 4 aromatic rings. The van der Waals surface area contributed by atoms with Gasteiger partial charge in [0.05, 0.1) is 11.4 Å². The number of hydrogen-bond acceptors (Lipinski definition) is 5. The van der Waals surface area contributed by atoms with Crippen molar-refractivity contribution in [3.8, 4) is 0 Å². The van der Waals surface area contributed by atoms with E-state index in [1.807, 2.05) is 41.9 Å². The number of alkyl halides is 2. The monoisotopic (exact) mass is 572 g/mol. The molecule has 4 heterocycles. The van der Waals surface area contributed by atoms with Crippen molar-refractivity contribution in [2.24, 2.45) is 7.05 Å². The number of likely N-dealkylation sites (tertiary alicyclic amines) is 1. The van der Waals surface area contributed by atoms with Gasteiger partial charge in [-0.25, -0.2) is 8.78 Å². The summed E-state index contributed by atoms with van der Waals surface area (Å²) in [5.41, 5.74) is 6.15. The van der Waals surface area contributed by atoms with Crippen LogP contribution >= 0.6 is 0 Å². The van der Waals surface area contributed by atoms with Crippen LogP contribution < -0.4 is 0 Å². The first-order chi connectivity index (χ1) is 20.3. The van der Waals surface area contributed by atoms with E-state index in [2.05, 4.69) is 38.0 Å². The van der Waals surface area contributed by atoms with Gasteiger partial charge < -0.3 is 9.47 Å². The van der Waals surface area contributed by atoms with Crippen LogP contribution in [-0.4, -0.2) is 74.4 Å². The van der Waals surface area contributed by atoms with Gasteiger partial charge in [-0.3, -0.25) is 24.6 Å². The molecule has 9 heteroatoms. The van der Waals surface area contributed by atoms with E-state index >= 15 is 0 Å². The molecule has 2 saturated heterocycles. The molecule has 0 saturated carbocycles. The third-order valence-corrected chi connectivity index (χ3v) is 8.86. The van der Waals surface area contributed by atoms with Gasteiger partial charge in [-0.15, -0.1) is 0 Å². The number of aromatic nitrogens is 3. The molecular formula is C33H38F2N6O. The minimum Gasteiger partial charge on any atom is -0.340 e. The Morgan fingerprint density at radius 2 is 1.60 bits per heavy atom. The molecule has 2 aliphatic rings. The van der Waals surface area contributed by atoms with Crippen LogP contribution in [0.25, 0.3) is 10.9 Å². The lowest BCUT2D eigenvalue weighted by atomic mass is 9.89. The zero-order valence-electron chi connectivity index (χ0n) is 24.3. The maximum Gasteiger partial charge on any atom is 0.270 e. The molecule has 0 aliphatic carbocycles. The second kappa shape index (κ2) is 12.3. The van der Waals surface area contributed by atoms with Crippen molar-refractivity contribution < 1.29 is 13.6 Å². The molecule has 220 valence electrons. The van der Waals surface area contributed by atoms with E-state index in [4.69, 9.17) is 0 Å². The fourth-order valence-corrected chi connectivity index (χ4v) is 6.28. The molecule has 42 heavy (non-hydrogen) atoms. The second-order valence-electron chi connectivity index (χ2n) is 11.7. The Kier molecular flexibility index (Phi) is 8.31. The molecule has 6 rings (SSSR count). The fraction of sp³-hybridized carbons (Fsp3) is 0.424. The fourth-order valence-electron chi connectivity index (χ4n) is 6.28. The average molecular weight is 573 g/mol. The molecular weight excluding hydrogens is 534 g/mol. The van der Waals surface area contributed by atoms with E-state index in [-0.39, 0.29) is 11.5 Å². The van der Waals surface area contributed by atoms with Crippen molar-refractivity contribution in [3.63, 3.8) is 0 Å². The lowest BCUT2D eigenvalue weighted by molar-refractivity contribution is 0.0619. The van der Waals surface area contributed by atoms with Gasteiger partial charge >= 0.3 is 0 Å². The molecule has 0 spiro atoms. The van der Waals surface area contributed by atoms with E-state index in [1.54, 1.807) is 12.1 Å². The number of nitrogens with zero attached hydrogens (tertiary/aromatic N) is 6. The first-order valence-corrected chi connectivity index (χ1v) is 14.8. The molecule has 0 atom stereocenters. The summed E-state index contributed by atoms with van der Waals surface area (Å²) in [7, 11) is 1.97. The Morgan fingerprint density at radius 1 is 0.881 bits per heavy atom. The van der Waals surface area contributed by atoms with Crippen LogP contribution in [0.4, 0.5) is 8.78 Å². The van der Waals surface area contributed by atoms with Gasteiger partial charge in [0.25, 0.3) is 12.3 Å². The first kappa shape index (κ1) is 28.4. The smallest absolute Gasteiger partial charge is 0.270 e. The summed E-state index contributed by atoms with van der Waals surface area (Å²) >= 11 is 0. The lowest BCUT2D eigenvalue weighted by Gasteiger charge is -2.34. The summed E-state index contributed by atoms with van der Waals surface area (Å²) in [6, 6.07) is 15.2. The lowest BCUT2D eigenvalue weighted by Crippen LogP contribution is -2.48. The molecule has 0 unspecified atom stereocenters. The summed E-state index contributed by atoms with van der Waals surface area (Å²) in [6.45, 7) is 8.36. The highest BCUT2D eigenvalue weighted by atomic mass is 19.3. The maximum absolute atomic E-state index is 13.5. The second-order valence-corrected chi connectivity index (χ2v) is 11.7. The molecule has 7 nitrogen and oxygen atoms in total. The average Bonchev–Trinajstić information content (AvgIpc) is 3.34. The van der Waals surface area contributed by atoms with Crippen molar-refractivity contribution in [2.75, 3.05) is 39.3 Å². The SMILES string of the molecule is Cc1cnc(CN2CCC(c3ccc4c(c3)cc(C(=O)N3CCN(Cc5ccc(C(F)F)cc5)CC3)n4C)CC2)cn1. The minimum atomic E-state index is -2.45. The van der Waals surface area contributed by atoms with Crippen LogP contribution in [0.1, 0.15) is 63.8 Å². The zero-order chi connectivity index (χ0) is 29.2. The number of halogens is 2. The summed E-state index contributed by atoms with van der Waals surface area (Å²) in [5, 5.41) is 1.11. The minimum absolute atomic E-state index is 0.0474. The number of fused-ring (bicyclic) bond motifs is 1. The molecule has 2 aromatic heterocycles. The Hall–Kier alpha value is -3.69. The summed E-state index contributed by atoms with van der Waals surface area (Å²) in [6.07, 6.45) is 3.47. The number of piperidine rings is 1. The van der Waals surface area contributed by atoms with Gasteiger partial charge in [-0.05, 0) is 68.1 Å². The zero-order valence-corrected chi connectivity index (χ0v) is 24.3. The maximum atomic E-state index is 13.5. The third kappa shape index (κ3) is 6.22. The number of rotatable bonds is 7. The standard InChI is InChI=1S/C33H38F2N6O/c1-23-19-37-29(20-36-23)22-39-11-9-25(10-12-39)27-7-8-30-28(17-27)18-31(38(30)2)33(42)41-15-13-40(14-16-41)21-24-3-5-26(6-4-24)32(34)35/h3-8,17-20,25,32H,9-16,21-22H2,1-2H3. The highest BCUT2D eigenvalue weighted by Gasteiger charge is 2.26. The van der Waals surface area contributed by atoms with Crippen LogP contribution in [-0.2, 0) is 20.1 Å². The topological polar surface area (TPSA) is 57.5 Å². The number of piperazine rings is 1. The molecule has 1 amide bonds. The molecule has 0 bridgehead atoms. The summed E-state index contributed by atoms with van der Waals surface area (Å²) in [4.78, 5) is 29.1. The summed E-state index contributed by atoms with van der Waals surface area (Å²) < 4.78 is 27.7. The predicted octanol–water partition coefficient (Wildman–Crippen LogP) is 5.55. The van der Waals surface area contributed by atoms with Gasteiger partial charge in [0.15, 0.2) is 0 Å². The number of carbonyl (C=O) groups excluding carboxylic acids is 1. The number of amides is 1. The van der Waals surface area contributed by atoms with Crippen LogP contribution in [0.5, 0.6) is 0 Å². The van der Waals surface area contributed by atoms with Gasteiger partial charge in [-0.1, -0.05) is 30.3 Å². The molecule has 2 aromatic carbocycles. The predicted molar refractivity (Wildman–Crippen MR) is 160 cm³/mol. The van der Waals surface area contributed by atoms with Crippen molar-refractivity contribution in [1.29, 1.82) is 0 Å². The van der Waals surface area contributed by atoms with Crippen LogP contribution in [0.15, 0.2) is 60.9 Å². The van der Waals surface area contributed by atoms with Crippen molar-refractivity contribution >= 4 is 16.8 Å². The highest BCUT2D eigenvalue weighted by Crippen LogP contribution is 2.32.